The van der Waals surface area contributed by atoms with Crippen molar-refractivity contribution in [1.29, 1.82) is 0 Å². The first kappa shape index (κ1) is 18.2. The molecule has 0 aromatic heterocycles. The number of amides is 2. The van der Waals surface area contributed by atoms with Gasteiger partial charge in [-0.25, -0.2) is 0 Å². The second-order valence-electron chi connectivity index (χ2n) is 6.96. The third-order valence-electron chi connectivity index (χ3n) is 5.04. The molecule has 26 heavy (non-hydrogen) atoms. The highest BCUT2D eigenvalue weighted by Gasteiger charge is 2.26. The number of carbonyl (C=O) groups is 2. The summed E-state index contributed by atoms with van der Waals surface area (Å²) < 4.78 is 0. The van der Waals surface area contributed by atoms with Crippen molar-refractivity contribution >= 4 is 17.5 Å². The average molecular weight is 350 g/mol. The van der Waals surface area contributed by atoms with Gasteiger partial charge in [0, 0.05) is 29.4 Å². The number of nitrogens with one attached hydrogen (secondary N) is 1. The van der Waals surface area contributed by atoms with Crippen molar-refractivity contribution in [2.75, 3.05) is 11.9 Å². The quantitative estimate of drug-likeness (QED) is 0.872. The maximum absolute atomic E-state index is 12.9. The van der Waals surface area contributed by atoms with Gasteiger partial charge in [0.15, 0.2) is 0 Å². The summed E-state index contributed by atoms with van der Waals surface area (Å²) in [6.07, 6.45) is 4.27. The zero-order valence-electron chi connectivity index (χ0n) is 15.5. The van der Waals surface area contributed by atoms with E-state index < -0.39 is 0 Å². The number of rotatable bonds is 4. The van der Waals surface area contributed by atoms with Crippen molar-refractivity contribution in [1.82, 2.24) is 4.90 Å². The fourth-order valence-electron chi connectivity index (χ4n) is 3.49. The van der Waals surface area contributed by atoms with E-state index in [1.54, 1.807) is 24.3 Å². The smallest absolute Gasteiger partial charge is 0.255 e. The van der Waals surface area contributed by atoms with E-state index in [4.69, 9.17) is 0 Å². The monoisotopic (exact) mass is 350 g/mol. The number of likely N-dealkylation sites (tertiary alicyclic amines) is 1. The number of nitrogens with zero attached hydrogens (tertiary/aromatic N) is 1. The molecule has 2 aromatic rings. The summed E-state index contributed by atoms with van der Waals surface area (Å²) in [4.78, 5) is 27.4. The summed E-state index contributed by atoms with van der Waals surface area (Å²) in [6.45, 7) is 4.93. The Balaban J connectivity index is 1.75. The molecule has 0 saturated carbocycles. The van der Waals surface area contributed by atoms with Gasteiger partial charge in [-0.05, 0) is 62.9 Å². The molecule has 1 unspecified atom stereocenters. The van der Waals surface area contributed by atoms with Crippen LogP contribution in [0.4, 0.5) is 5.69 Å². The molecule has 1 atom stereocenters. The number of hydrogen-bond acceptors (Lipinski definition) is 2. The molecule has 136 valence electrons. The van der Waals surface area contributed by atoms with Crippen LogP contribution in [0.5, 0.6) is 0 Å². The third kappa shape index (κ3) is 4.13. The predicted octanol–water partition coefficient (Wildman–Crippen LogP) is 4.65. The zero-order valence-corrected chi connectivity index (χ0v) is 15.5. The van der Waals surface area contributed by atoms with Gasteiger partial charge in [0.05, 0.1) is 0 Å². The largest absolute Gasteiger partial charge is 0.336 e. The van der Waals surface area contributed by atoms with E-state index in [1.807, 2.05) is 36.1 Å². The lowest BCUT2D eigenvalue weighted by atomic mass is 9.98. The van der Waals surface area contributed by atoms with Gasteiger partial charge < -0.3 is 10.2 Å². The van der Waals surface area contributed by atoms with Crippen molar-refractivity contribution in [2.24, 2.45) is 0 Å². The molecule has 2 amide bonds. The summed E-state index contributed by atoms with van der Waals surface area (Å²) in [5, 5.41) is 2.89. The summed E-state index contributed by atoms with van der Waals surface area (Å²) in [5.41, 5.74) is 2.98. The van der Waals surface area contributed by atoms with Gasteiger partial charge in [-0.15, -0.1) is 0 Å². The van der Waals surface area contributed by atoms with Gasteiger partial charge in [-0.2, -0.15) is 0 Å². The van der Waals surface area contributed by atoms with E-state index in [2.05, 4.69) is 12.2 Å². The van der Waals surface area contributed by atoms with Gasteiger partial charge in [0.25, 0.3) is 11.8 Å². The van der Waals surface area contributed by atoms with Crippen molar-refractivity contribution in [3.63, 3.8) is 0 Å². The first-order valence-electron chi connectivity index (χ1n) is 9.37. The number of aryl methyl sites for hydroxylation is 1. The number of benzene rings is 2. The van der Waals surface area contributed by atoms with Crippen LogP contribution in [0, 0.1) is 6.92 Å². The van der Waals surface area contributed by atoms with E-state index in [1.165, 1.54) is 6.42 Å². The van der Waals surface area contributed by atoms with Crippen molar-refractivity contribution in [3.8, 4) is 0 Å². The maximum atomic E-state index is 12.9. The summed E-state index contributed by atoms with van der Waals surface area (Å²) in [7, 11) is 0. The molecule has 1 fully saturated rings. The van der Waals surface area contributed by atoms with Crippen molar-refractivity contribution in [2.45, 2.75) is 45.6 Å². The molecule has 1 saturated heterocycles. The highest BCUT2D eigenvalue weighted by Crippen LogP contribution is 2.22. The minimum atomic E-state index is -0.200. The molecule has 4 nitrogen and oxygen atoms in total. The van der Waals surface area contributed by atoms with Gasteiger partial charge in [-0.1, -0.05) is 30.7 Å². The van der Waals surface area contributed by atoms with Crippen LogP contribution in [0.3, 0.4) is 0 Å². The number of carbonyl (C=O) groups excluding carboxylic acids is 2. The molecule has 0 spiro atoms. The molecular formula is C22H26N2O2. The van der Waals surface area contributed by atoms with Gasteiger partial charge in [0.1, 0.15) is 0 Å². The van der Waals surface area contributed by atoms with Gasteiger partial charge >= 0.3 is 0 Å². The van der Waals surface area contributed by atoms with Crippen molar-refractivity contribution in [3.05, 3.63) is 65.2 Å². The Morgan fingerprint density at radius 3 is 2.54 bits per heavy atom. The maximum Gasteiger partial charge on any atom is 0.255 e. The van der Waals surface area contributed by atoms with Crippen LogP contribution in [0.25, 0.3) is 0 Å². The number of hydrogen-bond donors (Lipinski definition) is 1. The van der Waals surface area contributed by atoms with E-state index in [9.17, 15) is 9.59 Å². The number of anilines is 1. The Kier molecular flexibility index (Phi) is 5.71. The molecular weight excluding hydrogens is 324 g/mol. The lowest BCUT2D eigenvalue weighted by Crippen LogP contribution is -2.43. The van der Waals surface area contributed by atoms with Crippen molar-refractivity contribution < 1.29 is 9.59 Å². The first-order chi connectivity index (χ1) is 12.6. The second-order valence-corrected chi connectivity index (χ2v) is 6.96. The fourth-order valence-corrected chi connectivity index (χ4v) is 3.49. The molecule has 1 aliphatic rings. The molecule has 1 N–H and O–H groups in total. The predicted molar refractivity (Wildman–Crippen MR) is 105 cm³/mol. The van der Waals surface area contributed by atoms with Gasteiger partial charge in [0.2, 0.25) is 0 Å². The second kappa shape index (κ2) is 8.17. The average Bonchev–Trinajstić information content (AvgIpc) is 2.69. The van der Waals surface area contributed by atoms with Crippen LogP contribution in [0.15, 0.2) is 48.5 Å². The standard InChI is InChI=1S/C22H26N2O2/c1-3-20-9-4-5-14-24(20)22(26)18-8-6-7-17(15-18)21(25)23-19-12-10-16(2)11-13-19/h6-8,10-13,15,20H,3-5,9,14H2,1-2H3,(H,23,25). The van der Waals surface area contributed by atoms with Crippen LogP contribution in [-0.4, -0.2) is 29.3 Å². The Hall–Kier alpha value is -2.62. The van der Waals surface area contributed by atoms with Crippen LogP contribution in [0.2, 0.25) is 0 Å². The summed E-state index contributed by atoms with van der Waals surface area (Å²) >= 11 is 0. The molecule has 3 rings (SSSR count). The van der Waals surface area contributed by atoms with E-state index >= 15 is 0 Å². The highest BCUT2D eigenvalue weighted by atomic mass is 16.2. The topological polar surface area (TPSA) is 49.4 Å². The Morgan fingerprint density at radius 1 is 1.08 bits per heavy atom. The summed E-state index contributed by atoms with van der Waals surface area (Å²) in [5.74, 6) is -0.171. The van der Waals surface area contributed by atoms with Gasteiger partial charge in [-0.3, -0.25) is 9.59 Å². The zero-order chi connectivity index (χ0) is 18.5. The first-order valence-corrected chi connectivity index (χ1v) is 9.37. The van der Waals surface area contributed by atoms with Crippen LogP contribution >= 0.6 is 0 Å². The van der Waals surface area contributed by atoms with Crippen LogP contribution < -0.4 is 5.32 Å². The molecule has 0 bridgehead atoms. The van der Waals surface area contributed by atoms with Crippen LogP contribution in [0.1, 0.15) is 58.9 Å². The minimum Gasteiger partial charge on any atom is -0.336 e. The third-order valence-corrected chi connectivity index (χ3v) is 5.04. The normalized spacial score (nSPS) is 17.0. The molecule has 1 heterocycles. The Bertz CT molecular complexity index is 783. The van der Waals surface area contributed by atoms with E-state index in [-0.39, 0.29) is 11.8 Å². The van der Waals surface area contributed by atoms with E-state index in [0.29, 0.717) is 17.2 Å². The fraction of sp³-hybridized carbons (Fsp3) is 0.364. The Morgan fingerprint density at radius 2 is 1.81 bits per heavy atom. The Labute approximate surface area is 155 Å². The lowest BCUT2D eigenvalue weighted by molar-refractivity contribution is 0.0608. The number of piperidine rings is 1. The van der Waals surface area contributed by atoms with Crippen LogP contribution in [-0.2, 0) is 0 Å². The SMILES string of the molecule is CCC1CCCCN1C(=O)c1cccc(C(=O)Nc2ccc(C)cc2)c1. The van der Waals surface area contributed by atoms with E-state index in [0.717, 1.165) is 37.1 Å². The lowest BCUT2D eigenvalue weighted by Gasteiger charge is -2.35. The summed E-state index contributed by atoms with van der Waals surface area (Å²) in [6, 6.07) is 15.0. The molecule has 0 aliphatic carbocycles. The minimum absolute atomic E-state index is 0.0292. The molecule has 4 heteroatoms. The molecule has 2 aromatic carbocycles. The molecule has 1 aliphatic heterocycles. The highest BCUT2D eigenvalue weighted by molar-refractivity contribution is 6.06. The molecule has 0 radical (unpaired) electrons.